The van der Waals surface area contributed by atoms with E-state index in [-0.39, 0.29) is 0 Å². The predicted octanol–water partition coefficient (Wildman–Crippen LogP) is 2.80. The van der Waals surface area contributed by atoms with E-state index in [2.05, 4.69) is 59.3 Å². The maximum atomic E-state index is 5.45. The lowest BCUT2D eigenvalue weighted by Crippen LogP contribution is -2.42. The van der Waals surface area contributed by atoms with Crippen molar-refractivity contribution in [3.63, 3.8) is 0 Å². The van der Waals surface area contributed by atoms with E-state index in [1.807, 2.05) is 19.3 Å². The highest BCUT2D eigenvalue weighted by Crippen LogP contribution is 2.21. The molecule has 2 N–H and O–H groups in total. The van der Waals surface area contributed by atoms with E-state index < -0.39 is 0 Å². The Morgan fingerprint density at radius 2 is 2.08 bits per heavy atom. The number of rotatable bonds is 6. The normalized spacial score (nSPS) is 17.1. The lowest BCUT2D eigenvalue weighted by molar-refractivity contribution is 0.122. The van der Waals surface area contributed by atoms with Gasteiger partial charge < -0.3 is 20.3 Å². The summed E-state index contributed by atoms with van der Waals surface area (Å²) < 4.78 is 5.45. The number of aromatic nitrogens is 1. The first-order valence-electron chi connectivity index (χ1n) is 9.63. The first-order valence-corrected chi connectivity index (χ1v) is 9.63. The molecule has 1 unspecified atom stereocenters. The number of pyridine rings is 1. The fraction of sp³-hybridized carbons (Fsp3) is 0.700. The fourth-order valence-electron chi connectivity index (χ4n) is 2.96. The lowest BCUT2D eigenvalue weighted by atomic mass is 9.89. The first-order chi connectivity index (χ1) is 12.4. The molecule has 1 aromatic rings. The van der Waals surface area contributed by atoms with Crippen molar-refractivity contribution in [1.82, 2.24) is 15.6 Å². The number of anilines is 1. The van der Waals surface area contributed by atoms with Gasteiger partial charge in [0.05, 0.1) is 13.2 Å². The minimum Gasteiger partial charge on any atom is -0.378 e. The van der Waals surface area contributed by atoms with Crippen LogP contribution in [0.1, 0.15) is 46.1 Å². The zero-order valence-corrected chi connectivity index (χ0v) is 17.0. The molecule has 0 amide bonds. The van der Waals surface area contributed by atoms with Crippen LogP contribution in [0.3, 0.4) is 0 Å². The molecule has 6 heteroatoms. The van der Waals surface area contributed by atoms with Crippen LogP contribution in [0.4, 0.5) is 5.82 Å². The summed E-state index contributed by atoms with van der Waals surface area (Å²) >= 11 is 0. The molecule has 6 nitrogen and oxygen atoms in total. The second kappa shape index (κ2) is 9.76. The Balaban J connectivity index is 1.90. The van der Waals surface area contributed by atoms with E-state index in [9.17, 15) is 0 Å². The van der Waals surface area contributed by atoms with Gasteiger partial charge in [0.25, 0.3) is 0 Å². The van der Waals surface area contributed by atoms with Gasteiger partial charge in [-0.15, -0.1) is 0 Å². The molecule has 1 aromatic heterocycles. The van der Waals surface area contributed by atoms with Crippen LogP contribution in [0.25, 0.3) is 0 Å². The zero-order valence-electron chi connectivity index (χ0n) is 17.0. The van der Waals surface area contributed by atoms with Crippen LogP contribution in [-0.4, -0.2) is 50.3 Å². The highest BCUT2D eigenvalue weighted by molar-refractivity contribution is 5.80. The monoisotopic (exact) mass is 361 g/mol. The quantitative estimate of drug-likeness (QED) is 0.603. The van der Waals surface area contributed by atoms with E-state index in [0.717, 1.165) is 44.5 Å². The van der Waals surface area contributed by atoms with Gasteiger partial charge in [-0.2, -0.15) is 0 Å². The Hall–Kier alpha value is -1.82. The third kappa shape index (κ3) is 6.83. The summed E-state index contributed by atoms with van der Waals surface area (Å²) in [6, 6.07) is 4.50. The van der Waals surface area contributed by atoms with Crippen molar-refractivity contribution in [2.24, 2.45) is 10.4 Å². The molecule has 1 atom stereocenters. The lowest BCUT2D eigenvalue weighted by Gasteiger charge is -2.29. The largest absolute Gasteiger partial charge is 0.378 e. The molecule has 1 aliphatic heterocycles. The van der Waals surface area contributed by atoms with Gasteiger partial charge in [-0.1, -0.05) is 26.8 Å². The fourth-order valence-corrected chi connectivity index (χ4v) is 2.96. The molecule has 2 heterocycles. The Morgan fingerprint density at radius 1 is 1.35 bits per heavy atom. The second-order valence-corrected chi connectivity index (χ2v) is 8.16. The van der Waals surface area contributed by atoms with Crippen LogP contribution < -0.4 is 15.5 Å². The highest BCUT2D eigenvalue weighted by Gasteiger charge is 2.16. The molecule has 2 rings (SSSR count). The van der Waals surface area contributed by atoms with Crippen LogP contribution in [0.2, 0.25) is 0 Å². The van der Waals surface area contributed by atoms with Crippen molar-refractivity contribution in [1.29, 1.82) is 0 Å². The zero-order chi connectivity index (χ0) is 19.0. The van der Waals surface area contributed by atoms with Gasteiger partial charge in [-0.05, 0) is 31.2 Å². The average molecular weight is 362 g/mol. The molecular weight excluding hydrogens is 326 g/mol. The summed E-state index contributed by atoms with van der Waals surface area (Å²) in [5.74, 6) is 1.88. The number of morpholine rings is 1. The van der Waals surface area contributed by atoms with E-state index in [1.54, 1.807) is 0 Å². The van der Waals surface area contributed by atoms with Crippen molar-refractivity contribution in [2.75, 3.05) is 38.3 Å². The van der Waals surface area contributed by atoms with Crippen molar-refractivity contribution in [2.45, 2.75) is 53.1 Å². The van der Waals surface area contributed by atoms with E-state index in [4.69, 9.17) is 4.74 Å². The van der Waals surface area contributed by atoms with E-state index in [0.29, 0.717) is 18.0 Å². The van der Waals surface area contributed by atoms with Crippen molar-refractivity contribution >= 4 is 11.8 Å². The third-order valence-electron chi connectivity index (χ3n) is 4.56. The predicted molar refractivity (Wildman–Crippen MR) is 109 cm³/mol. The topological polar surface area (TPSA) is 61.8 Å². The summed E-state index contributed by atoms with van der Waals surface area (Å²) in [4.78, 5) is 11.3. The van der Waals surface area contributed by atoms with Crippen LogP contribution in [0.5, 0.6) is 0 Å². The Morgan fingerprint density at radius 3 is 2.73 bits per heavy atom. The summed E-state index contributed by atoms with van der Waals surface area (Å²) in [7, 11) is 1.82. The summed E-state index contributed by atoms with van der Waals surface area (Å²) in [6.07, 6.45) is 4.16. The second-order valence-electron chi connectivity index (χ2n) is 8.16. The molecule has 1 saturated heterocycles. The maximum Gasteiger partial charge on any atom is 0.191 e. The molecule has 0 saturated carbocycles. The van der Waals surface area contributed by atoms with Crippen LogP contribution in [0.15, 0.2) is 23.3 Å². The number of nitrogens with zero attached hydrogens (tertiary/aromatic N) is 3. The smallest absolute Gasteiger partial charge is 0.191 e. The van der Waals surface area contributed by atoms with Gasteiger partial charge in [0.1, 0.15) is 5.82 Å². The Labute approximate surface area is 158 Å². The molecule has 1 aliphatic rings. The molecule has 0 bridgehead atoms. The first kappa shape index (κ1) is 20.5. The summed E-state index contributed by atoms with van der Waals surface area (Å²) in [5.41, 5.74) is 1.54. The summed E-state index contributed by atoms with van der Waals surface area (Å²) in [5, 5.41) is 6.93. The highest BCUT2D eigenvalue weighted by atomic mass is 16.5. The molecular formula is C20H35N5O. The SMILES string of the molecule is CN=C(NCc1cccnc1N1CCOCC1)NC(C)CCC(C)(C)C. The molecule has 0 aromatic carbocycles. The third-order valence-corrected chi connectivity index (χ3v) is 4.56. The maximum absolute atomic E-state index is 5.45. The molecule has 0 aliphatic carbocycles. The average Bonchev–Trinajstić information content (AvgIpc) is 2.64. The van der Waals surface area contributed by atoms with Crippen LogP contribution in [-0.2, 0) is 11.3 Å². The van der Waals surface area contributed by atoms with Crippen molar-refractivity contribution in [3.8, 4) is 0 Å². The minimum absolute atomic E-state index is 0.357. The van der Waals surface area contributed by atoms with E-state index >= 15 is 0 Å². The number of hydrogen-bond donors (Lipinski definition) is 2. The molecule has 146 valence electrons. The number of nitrogens with one attached hydrogen (secondary N) is 2. The van der Waals surface area contributed by atoms with Crippen LogP contribution in [0, 0.1) is 5.41 Å². The Bertz CT molecular complexity index is 576. The van der Waals surface area contributed by atoms with E-state index in [1.165, 1.54) is 12.0 Å². The standard InChI is InChI=1S/C20H35N5O/c1-16(8-9-20(2,3)4)24-19(21-5)23-15-17-7-6-10-22-18(17)25-11-13-26-14-12-25/h6-7,10,16H,8-9,11-15H2,1-5H3,(H2,21,23,24). The van der Waals surface area contributed by atoms with Crippen molar-refractivity contribution in [3.05, 3.63) is 23.9 Å². The number of guanidine groups is 1. The Kier molecular flexibility index (Phi) is 7.69. The van der Waals surface area contributed by atoms with Gasteiger partial charge in [0.15, 0.2) is 5.96 Å². The molecule has 0 radical (unpaired) electrons. The van der Waals surface area contributed by atoms with Gasteiger partial charge in [0, 0.05) is 44.5 Å². The van der Waals surface area contributed by atoms with Gasteiger partial charge in [0.2, 0.25) is 0 Å². The number of aliphatic imine (C=N–C) groups is 1. The van der Waals surface area contributed by atoms with Crippen LogP contribution >= 0.6 is 0 Å². The molecule has 0 spiro atoms. The minimum atomic E-state index is 0.357. The van der Waals surface area contributed by atoms with Gasteiger partial charge in [-0.25, -0.2) is 4.98 Å². The van der Waals surface area contributed by atoms with Crippen molar-refractivity contribution < 1.29 is 4.74 Å². The number of hydrogen-bond acceptors (Lipinski definition) is 4. The number of ether oxygens (including phenoxy) is 1. The molecule has 1 fully saturated rings. The van der Waals surface area contributed by atoms with Gasteiger partial charge >= 0.3 is 0 Å². The molecule has 26 heavy (non-hydrogen) atoms. The summed E-state index contributed by atoms with van der Waals surface area (Å²) in [6.45, 7) is 13.1. The van der Waals surface area contributed by atoms with Gasteiger partial charge in [-0.3, -0.25) is 4.99 Å².